The van der Waals surface area contributed by atoms with Crippen LogP contribution >= 0.6 is 15.6 Å². The summed E-state index contributed by atoms with van der Waals surface area (Å²) >= 11 is 0. The molecule has 0 saturated carbocycles. The van der Waals surface area contributed by atoms with Crippen LogP contribution in [0.5, 0.6) is 0 Å². The molecule has 0 bridgehead atoms. The van der Waals surface area contributed by atoms with Crippen LogP contribution in [0.15, 0.2) is 0 Å². The highest BCUT2D eigenvalue weighted by molar-refractivity contribution is 7.47. The Kier molecular flexibility index (Phi) is 65.9. The third kappa shape index (κ3) is 70.9. The Balaban J connectivity index is 5.23. The van der Waals surface area contributed by atoms with E-state index in [9.17, 15) is 43.2 Å². The molecule has 3 unspecified atom stereocenters. The second-order valence-electron chi connectivity index (χ2n) is 29.8. The van der Waals surface area contributed by atoms with Crippen molar-refractivity contribution in [1.82, 2.24) is 0 Å². The average molecular weight is 1420 g/mol. The molecule has 0 saturated heterocycles. The molecule has 0 aliphatic rings. The van der Waals surface area contributed by atoms with Crippen molar-refractivity contribution < 1.29 is 80.2 Å². The zero-order valence-corrected chi connectivity index (χ0v) is 65.5. The van der Waals surface area contributed by atoms with Gasteiger partial charge in [0.1, 0.15) is 19.3 Å². The van der Waals surface area contributed by atoms with Crippen LogP contribution in [0.4, 0.5) is 0 Å². The van der Waals surface area contributed by atoms with E-state index < -0.39 is 97.5 Å². The molecule has 19 heteroatoms. The van der Waals surface area contributed by atoms with Crippen molar-refractivity contribution in [3.05, 3.63) is 0 Å². The van der Waals surface area contributed by atoms with E-state index in [-0.39, 0.29) is 25.7 Å². The van der Waals surface area contributed by atoms with Crippen LogP contribution in [-0.2, 0) is 65.4 Å². The Bertz CT molecular complexity index is 1900. The molecule has 0 fully saturated rings. The molecule has 97 heavy (non-hydrogen) atoms. The summed E-state index contributed by atoms with van der Waals surface area (Å²) in [6.07, 6.45) is 52.9. The summed E-state index contributed by atoms with van der Waals surface area (Å²) in [5.74, 6) is 0.936. The van der Waals surface area contributed by atoms with E-state index in [4.69, 9.17) is 37.0 Å². The Morgan fingerprint density at radius 1 is 0.289 bits per heavy atom. The van der Waals surface area contributed by atoms with Gasteiger partial charge in [0, 0.05) is 25.7 Å². The van der Waals surface area contributed by atoms with Gasteiger partial charge >= 0.3 is 39.5 Å². The third-order valence-electron chi connectivity index (χ3n) is 18.4. The fraction of sp³-hybridized carbons (Fsp3) is 0.949. The van der Waals surface area contributed by atoms with Gasteiger partial charge in [0.2, 0.25) is 0 Å². The predicted octanol–water partition coefficient (Wildman–Crippen LogP) is 22.8. The number of unbranched alkanes of at least 4 members (excludes halogenated alkanes) is 40. The molecule has 0 aromatic carbocycles. The van der Waals surface area contributed by atoms with Crippen molar-refractivity contribution >= 4 is 39.5 Å². The van der Waals surface area contributed by atoms with Gasteiger partial charge in [-0.2, -0.15) is 0 Å². The minimum Gasteiger partial charge on any atom is -0.462 e. The van der Waals surface area contributed by atoms with Crippen molar-refractivity contribution in [3.63, 3.8) is 0 Å². The normalized spacial score (nSPS) is 14.4. The zero-order chi connectivity index (χ0) is 71.7. The summed E-state index contributed by atoms with van der Waals surface area (Å²) in [6, 6.07) is 0. The third-order valence-corrected chi connectivity index (χ3v) is 20.3. The van der Waals surface area contributed by atoms with Gasteiger partial charge in [0.25, 0.3) is 0 Å². The van der Waals surface area contributed by atoms with E-state index in [2.05, 4.69) is 55.4 Å². The zero-order valence-electron chi connectivity index (χ0n) is 63.7. The molecule has 0 rings (SSSR count). The number of phosphoric ester groups is 2. The molecule has 3 N–H and O–H groups in total. The van der Waals surface area contributed by atoms with Gasteiger partial charge in [0.05, 0.1) is 26.4 Å². The highest BCUT2D eigenvalue weighted by Crippen LogP contribution is 2.45. The smallest absolute Gasteiger partial charge is 0.462 e. The summed E-state index contributed by atoms with van der Waals surface area (Å²) in [7, 11) is -9.92. The second kappa shape index (κ2) is 67.2. The number of rotatable bonds is 75. The van der Waals surface area contributed by atoms with Crippen LogP contribution in [0, 0.1) is 23.7 Å². The van der Waals surface area contributed by atoms with Gasteiger partial charge in [0.15, 0.2) is 12.2 Å². The van der Waals surface area contributed by atoms with Crippen molar-refractivity contribution in [3.8, 4) is 0 Å². The number of hydrogen-bond donors (Lipinski definition) is 3. The van der Waals surface area contributed by atoms with Gasteiger partial charge in [-0.15, -0.1) is 0 Å². The number of aliphatic hydroxyl groups excluding tert-OH is 1. The van der Waals surface area contributed by atoms with Crippen LogP contribution in [0.25, 0.3) is 0 Å². The minimum absolute atomic E-state index is 0.104. The van der Waals surface area contributed by atoms with E-state index in [0.717, 1.165) is 114 Å². The molecule has 0 aliphatic carbocycles. The molecule has 0 radical (unpaired) electrons. The maximum Gasteiger partial charge on any atom is 0.472 e. The number of carbonyl (C=O) groups excluding carboxylic acids is 4. The summed E-state index contributed by atoms with van der Waals surface area (Å²) in [4.78, 5) is 72.8. The lowest BCUT2D eigenvalue weighted by Gasteiger charge is -2.21. The van der Waals surface area contributed by atoms with Crippen molar-refractivity contribution in [1.29, 1.82) is 0 Å². The number of ether oxygens (including phenoxy) is 4. The predicted molar refractivity (Wildman–Crippen MR) is 395 cm³/mol. The van der Waals surface area contributed by atoms with Crippen LogP contribution in [0.3, 0.4) is 0 Å². The maximum absolute atomic E-state index is 13.1. The lowest BCUT2D eigenvalue weighted by molar-refractivity contribution is -0.161. The average Bonchev–Trinajstić information content (AvgIpc) is 1.03. The number of carbonyl (C=O) groups is 4. The van der Waals surface area contributed by atoms with Gasteiger partial charge in [-0.3, -0.25) is 37.3 Å². The fourth-order valence-electron chi connectivity index (χ4n) is 11.9. The Morgan fingerprint density at radius 3 is 0.732 bits per heavy atom. The molecule has 576 valence electrons. The Hall–Kier alpha value is -1.94. The maximum atomic E-state index is 13.1. The van der Waals surface area contributed by atoms with Crippen LogP contribution in [-0.4, -0.2) is 96.7 Å². The van der Waals surface area contributed by atoms with Gasteiger partial charge in [-0.1, -0.05) is 344 Å². The highest BCUT2D eigenvalue weighted by Gasteiger charge is 2.30. The Morgan fingerprint density at radius 2 is 0.495 bits per heavy atom. The summed E-state index contributed by atoms with van der Waals surface area (Å²) < 4.78 is 68.6. The lowest BCUT2D eigenvalue weighted by Crippen LogP contribution is -2.30. The Labute approximate surface area is 594 Å². The van der Waals surface area contributed by atoms with Crippen LogP contribution in [0.2, 0.25) is 0 Å². The summed E-state index contributed by atoms with van der Waals surface area (Å²) in [5, 5.41) is 10.6. The van der Waals surface area contributed by atoms with Gasteiger partial charge < -0.3 is 33.8 Å². The number of aliphatic hydroxyl groups is 1. The minimum atomic E-state index is -4.96. The highest BCUT2D eigenvalue weighted by atomic mass is 31.2. The summed E-state index contributed by atoms with van der Waals surface area (Å²) in [5.41, 5.74) is 0. The molecule has 17 nitrogen and oxygen atoms in total. The second-order valence-corrected chi connectivity index (χ2v) is 32.7. The standard InChI is InChI=1S/C78H152O17P2/c1-9-71(8)57-49-41-32-28-29-35-45-53-61-78(83)95-74(65-89-76(81)59-51-43-37-36-40-48-56-70(6)7)67-93-97(86,87)91-63-72(79)62-90-96(84,85)92-66-73(64-88-75(80)58-50-42-33-26-22-18-15-14-17-21-25-31-39-47-55-69(4)5)94-77(82)60-52-44-34-27-23-19-13-11-10-12-16-20-24-30-38-46-54-68(2)3/h68-74,79H,9-67H2,1-8H3,(H,84,85)(H,86,87)/t71?,72-,73-,74-/m1/s1. The van der Waals surface area contributed by atoms with Crippen LogP contribution in [0.1, 0.15) is 396 Å². The van der Waals surface area contributed by atoms with Crippen molar-refractivity contribution in [2.45, 2.75) is 414 Å². The number of esters is 4. The summed E-state index contributed by atoms with van der Waals surface area (Å²) in [6.45, 7) is 14.2. The monoisotopic (exact) mass is 1420 g/mol. The SMILES string of the molecule is CCC(C)CCCCCCCCCCC(=O)O[C@H](COC(=O)CCCCCCCCC(C)C)COP(=O)(O)OC[C@H](O)COP(=O)(O)OC[C@@H](COC(=O)CCCCCCCCCCCCCCCCC(C)C)OC(=O)CCCCCCCCCCCCCCCCCCC(C)C. The molecule has 0 aliphatic heterocycles. The van der Waals surface area contributed by atoms with E-state index in [1.807, 2.05) is 0 Å². The van der Waals surface area contributed by atoms with Crippen molar-refractivity contribution in [2.75, 3.05) is 39.6 Å². The molecular weight excluding hydrogens is 1270 g/mol. The van der Waals surface area contributed by atoms with Crippen molar-refractivity contribution in [2.24, 2.45) is 23.7 Å². The molecular formula is C78H152O17P2. The fourth-order valence-corrected chi connectivity index (χ4v) is 13.5. The first-order chi connectivity index (χ1) is 46.6. The van der Waals surface area contributed by atoms with Gasteiger partial charge in [-0.05, 0) is 49.4 Å². The molecule has 6 atom stereocenters. The lowest BCUT2D eigenvalue weighted by atomic mass is 9.99. The largest absolute Gasteiger partial charge is 0.472 e. The molecule has 0 amide bonds. The molecule has 0 spiro atoms. The molecule has 0 aromatic rings. The van der Waals surface area contributed by atoms with E-state index in [1.165, 1.54) is 193 Å². The quantitative estimate of drug-likeness (QED) is 0.0222. The molecule has 0 aromatic heterocycles. The number of hydrogen-bond acceptors (Lipinski definition) is 15. The first-order valence-electron chi connectivity index (χ1n) is 40.2. The van der Waals surface area contributed by atoms with E-state index >= 15 is 0 Å². The van der Waals surface area contributed by atoms with Gasteiger partial charge in [-0.25, -0.2) is 9.13 Å². The molecule has 0 heterocycles. The number of phosphoric acid groups is 2. The van der Waals surface area contributed by atoms with Crippen LogP contribution < -0.4 is 0 Å². The first-order valence-corrected chi connectivity index (χ1v) is 43.2. The topological polar surface area (TPSA) is 237 Å². The first kappa shape index (κ1) is 95.1. The van der Waals surface area contributed by atoms with E-state index in [0.29, 0.717) is 31.6 Å². The van der Waals surface area contributed by atoms with E-state index in [1.54, 1.807) is 0 Å².